The Kier molecular flexibility index (Phi) is 5.25. The van der Waals surface area contributed by atoms with Gasteiger partial charge >= 0.3 is 0 Å². The Morgan fingerprint density at radius 3 is 2.58 bits per heavy atom. The predicted molar refractivity (Wildman–Crippen MR) is 92.8 cm³/mol. The molecule has 0 heterocycles. The normalized spacial score (nSPS) is 26.0. The van der Waals surface area contributed by atoms with Crippen molar-refractivity contribution in [1.82, 2.24) is 9.62 Å². The van der Waals surface area contributed by atoms with Crippen LogP contribution >= 0.6 is 0 Å². The predicted octanol–water partition coefficient (Wildman–Crippen LogP) is 2.25. The van der Waals surface area contributed by atoms with Crippen LogP contribution in [0.25, 0.3) is 0 Å². The van der Waals surface area contributed by atoms with E-state index in [2.05, 4.69) is 5.32 Å². The minimum Gasteiger partial charge on any atom is -0.355 e. The van der Waals surface area contributed by atoms with Crippen molar-refractivity contribution in [3.8, 4) is 0 Å². The van der Waals surface area contributed by atoms with Gasteiger partial charge in [-0.1, -0.05) is 24.6 Å². The summed E-state index contributed by atoms with van der Waals surface area (Å²) >= 11 is 0. The second kappa shape index (κ2) is 7.23. The number of rotatable bonds is 7. The highest BCUT2D eigenvalue weighted by molar-refractivity contribution is 7.89. The van der Waals surface area contributed by atoms with Crippen LogP contribution in [0.4, 0.5) is 0 Å². The van der Waals surface area contributed by atoms with Gasteiger partial charge in [-0.2, -0.15) is 4.31 Å². The molecule has 3 unspecified atom stereocenters. The average molecular weight is 350 g/mol. The number of benzene rings is 1. The molecule has 2 aliphatic rings. The van der Waals surface area contributed by atoms with Crippen LogP contribution in [-0.2, 0) is 14.8 Å². The molecule has 0 saturated heterocycles. The third-order valence-electron chi connectivity index (χ3n) is 5.54. The summed E-state index contributed by atoms with van der Waals surface area (Å²) in [7, 11) is -2.17. The van der Waals surface area contributed by atoms with E-state index in [1.807, 2.05) is 0 Å². The molecule has 0 spiro atoms. The zero-order chi connectivity index (χ0) is 17.2. The molecule has 0 radical (unpaired) electrons. The first kappa shape index (κ1) is 17.4. The maximum Gasteiger partial charge on any atom is 0.243 e. The summed E-state index contributed by atoms with van der Waals surface area (Å²) in [6.07, 6.45) is 6.43. The van der Waals surface area contributed by atoms with E-state index in [4.69, 9.17) is 0 Å². The van der Waals surface area contributed by atoms with Crippen molar-refractivity contribution >= 4 is 15.9 Å². The number of hydrogen-bond acceptors (Lipinski definition) is 3. The first-order valence-corrected chi connectivity index (χ1v) is 10.2. The molecule has 1 N–H and O–H groups in total. The van der Waals surface area contributed by atoms with Crippen molar-refractivity contribution in [2.75, 3.05) is 20.1 Å². The SMILES string of the molecule is CN(CC(=O)NCCC1CC2CCC1C2)S(=O)(=O)c1ccccc1. The monoisotopic (exact) mass is 350 g/mol. The molecule has 24 heavy (non-hydrogen) atoms. The fourth-order valence-corrected chi connectivity index (χ4v) is 5.39. The third kappa shape index (κ3) is 3.81. The molecule has 3 rings (SSSR count). The molecular formula is C18H26N2O3S. The number of sulfonamides is 1. The van der Waals surface area contributed by atoms with Crippen LogP contribution < -0.4 is 5.32 Å². The van der Waals surface area contributed by atoms with Crippen LogP contribution in [0.2, 0.25) is 0 Å². The van der Waals surface area contributed by atoms with Gasteiger partial charge in [-0.3, -0.25) is 4.79 Å². The number of carbonyl (C=O) groups is 1. The van der Waals surface area contributed by atoms with E-state index in [9.17, 15) is 13.2 Å². The van der Waals surface area contributed by atoms with Crippen molar-refractivity contribution in [3.63, 3.8) is 0 Å². The number of nitrogens with one attached hydrogen (secondary N) is 1. The fourth-order valence-electron chi connectivity index (χ4n) is 4.24. The van der Waals surface area contributed by atoms with Gasteiger partial charge in [0.15, 0.2) is 0 Å². The van der Waals surface area contributed by atoms with Crippen molar-refractivity contribution in [2.24, 2.45) is 17.8 Å². The molecule has 2 fully saturated rings. The summed E-state index contributed by atoms with van der Waals surface area (Å²) in [5.41, 5.74) is 0. The van der Waals surface area contributed by atoms with Crippen LogP contribution in [-0.4, -0.2) is 38.8 Å². The second-order valence-electron chi connectivity index (χ2n) is 7.15. The Balaban J connectivity index is 1.44. The van der Waals surface area contributed by atoms with E-state index in [1.165, 1.54) is 32.7 Å². The van der Waals surface area contributed by atoms with E-state index < -0.39 is 10.0 Å². The molecule has 1 aromatic rings. The van der Waals surface area contributed by atoms with Crippen LogP contribution in [0.3, 0.4) is 0 Å². The van der Waals surface area contributed by atoms with Crippen LogP contribution in [0.1, 0.15) is 32.1 Å². The van der Waals surface area contributed by atoms with Crippen molar-refractivity contribution in [1.29, 1.82) is 0 Å². The van der Waals surface area contributed by atoms with Gasteiger partial charge in [-0.05, 0) is 55.6 Å². The van der Waals surface area contributed by atoms with Crippen LogP contribution in [0.5, 0.6) is 0 Å². The molecule has 0 aromatic heterocycles. The van der Waals surface area contributed by atoms with E-state index in [0.29, 0.717) is 6.54 Å². The summed E-state index contributed by atoms with van der Waals surface area (Å²) < 4.78 is 25.9. The highest BCUT2D eigenvalue weighted by atomic mass is 32.2. The third-order valence-corrected chi connectivity index (χ3v) is 7.36. The molecule has 0 aliphatic heterocycles. The minimum absolute atomic E-state index is 0.145. The van der Waals surface area contributed by atoms with Gasteiger partial charge in [0.25, 0.3) is 0 Å². The Bertz CT molecular complexity index is 675. The van der Waals surface area contributed by atoms with Crippen molar-refractivity contribution < 1.29 is 13.2 Å². The molecule has 2 saturated carbocycles. The standard InChI is InChI=1S/C18H26N2O3S/c1-20(24(22,23)17-5-3-2-4-6-17)13-18(21)19-10-9-16-12-14-7-8-15(16)11-14/h2-6,14-16H,7-13H2,1H3,(H,19,21). The number of nitrogens with zero attached hydrogens (tertiary/aromatic N) is 1. The van der Waals surface area contributed by atoms with Gasteiger partial charge in [0.05, 0.1) is 11.4 Å². The molecule has 1 aromatic carbocycles. The highest BCUT2D eigenvalue weighted by Gasteiger charge is 2.38. The van der Waals surface area contributed by atoms with Gasteiger partial charge in [-0.25, -0.2) is 8.42 Å². The molecule has 6 heteroatoms. The van der Waals surface area contributed by atoms with Gasteiger partial charge in [0, 0.05) is 13.6 Å². The Morgan fingerprint density at radius 1 is 1.21 bits per heavy atom. The first-order valence-electron chi connectivity index (χ1n) is 8.75. The first-order chi connectivity index (χ1) is 11.5. The lowest BCUT2D eigenvalue weighted by Gasteiger charge is -2.22. The molecule has 132 valence electrons. The van der Waals surface area contributed by atoms with E-state index >= 15 is 0 Å². The van der Waals surface area contributed by atoms with Crippen molar-refractivity contribution in [2.45, 2.75) is 37.0 Å². The largest absolute Gasteiger partial charge is 0.355 e. The zero-order valence-electron chi connectivity index (χ0n) is 14.1. The summed E-state index contributed by atoms with van der Waals surface area (Å²) in [6, 6.07) is 8.20. The van der Waals surface area contributed by atoms with Crippen molar-refractivity contribution in [3.05, 3.63) is 30.3 Å². The van der Waals surface area contributed by atoms with E-state index in [0.717, 1.165) is 28.5 Å². The van der Waals surface area contributed by atoms with Gasteiger partial charge < -0.3 is 5.32 Å². The van der Waals surface area contributed by atoms with Crippen LogP contribution in [0.15, 0.2) is 35.2 Å². The number of likely N-dealkylation sites (N-methyl/N-ethyl adjacent to an activating group) is 1. The maximum absolute atomic E-state index is 12.4. The Labute approximate surface area is 144 Å². The zero-order valence-corrected chi connectivity index (χ0v) is 15.0. The van der Waals surface area contributed by atoms with Gasteiger partial charge in [0.2, 0.25) is 15.9 Å². The van der Waals surface area contributed by atoms with Gasteiger partial charge in [-0.15, -0.1) is 0 Å². The lowest BCUT2D eigenvalue weighted by molar-refractivity contribution is -0.121. The molecule has 1 amide bonds. The lowest BCUT2D eigenvalue weighted by atomic mass is 9.86. The number of fused-ring (bicyclic) bond motifs is 2. The Hall–Kier alpha value is -1.40. The topological polar surface area (TPSA) is 66.5 Å². The van der Waals surface area contributed by atoms with E-state index in [1.54, 1.807) is 30.3 Å². The second-order valence-corrected chi connectivity index (χ2v) is 9.19. The average Bonchev–Trinajstić information content (AvgIpc) is 3.18. The number of hydrogen-bond donors (Lipinski definition) is 1. The summed E-state index contributed by atoms with van der Waals surface area (Å²) in [4.78, 5) is 12.3. The fraction of sp³-hybridized carbons (Fsp3) is 0.611. The summed E-state index contributed by atoms with van der Waals surface area (Å²) in [5, 5.41) is 2.88. The van der Waals surface area contributed by atoms with E-state index in [-0.39, 0.29) is 17.3 Å². The lowest BCUT2D eigenvalue weighted by Crippen LogP contribution is -2.39. The summed E-state index contributed by atoms with van der Waals surface area (Å²) in [5.74, 6) is 2.28. The molecule has 2 aliphatic carbocycles. The van der Waals surface area contributed by atoms with Crippen LogP contribution in [0, 0.1) is 17.8 Å². The maximum atomic E-state index is 12.4. The minimum atomic E-state index is -3.61. The molecule has 2 bridgehead atoms. The quantitative estimate of drug-likeness (QED) is 0.820. The Morgan fingerprint density at radius 2 is 1.96 bits per heavy atom. The summed E-state index contributed by atoms with van der Waals surface area (Å²) in [6.45, 7) is 0.500. The van der Waals surface area contributed by atoms with Gasteiger partial charge in [0.1, 0.15) is 0 Å². The highest BCUT2D eigenvalue weighted by Crippen LogP contribution is 2.49. The molecule has 5 nitrogen and oxygen atoms in total. The smallest absolute Gasteiger partial charge is 0.243 e. The number of carbonyl (C=O) groups excluding carboxylic acids is 1. The molecular weight excluding hydrogens is 324 g/mol. The number of amides is 1. The molecule has 3 atom stereocenters.